The van der Waals surface area contributed by atoms with Crippen LogP contribution in [0.15, 0.2) is 42.5 Å². The van der Waals surface area contributed by atoms with Gasteiger partial charge in [0.1, 0.15) is 6.54 Å². The van der Waals surface area contributed by atoms with Crippen molar-refractivity contribution in [1.29, 1.82) is 0 Å². The minimum atomic E-state index is -3.70. The third kappa shape index (κ3) is 5.81. The predicted octanol–water partition coefficient (Wildman–Crippen LogP) is 3.10. The highest BCUT2D eigenvalue weighted by molar-refractivity contribution is 7.92. The molecule has 0 unspecified atom stereocenters. The van der Waals surface area contributed by atoms with Crippen LogP contribution in [0.2, 0.25) is 0 Å². The molecule has 0 radical (unpaired) electrons. The summed E-state index contributed by atoms with van der Waals surface area (Å²) < 4.78 is 36.2. The smallest absolute Gasteiger partial charge is 0.245 e. The number of benzene rings is 2. The number of sulfonamides is 1. The third-order valence-corrected chi connectivity index (χ3v) is 6.36. The Bertz CT molecular complexity index is 1000. The van der Waals surface area contributed by atoms with E-state index in [1.54, 1.807) is 12.1 Å². The third-order valence-electron chi connectivity index (χ3n) is 5.21. The number of carbonyl (C=O) groups is 1. The Morgan fingerprint density at radius 3 is 2.23 bits per heavy atom. The van der Waals surface area contributed by atoms with Gasteiger partial charge >= 0.3 is 0 Å². The molecular weight excluding hydrogens is 418 g/mol. The van der Waals surface area contributed by atoms with E-state index in [2.05, 4.69) is 10.2 Å². The molecule has 0 spiro atoms. The summed E-state index contributed by atoms with van der Waals surface area (Å²) in [7, 11) is -0.741. The highest BCUT2D eigenvalue weighted by Crippen LogP contribution is 2.32. The van der Waals surface area contributed by atoms with Gasteiger partial charge in [0.15, 0.2) is 11.5 Å². The van der Waals surface area contributed by atoms with Gasteiger partial charge in [-0.2, -0.15) is 0 Å². The summed E-state index contributed by atoms with van der Waals surface area (Å²) >= 11 is 0. The minimum Gasteiger partial charge on any atom is -0.493 e. The number of nitrogens with zero attached hydrogens (tertiary/aromatic N) is 2. The van der Waals surface area contributed by atoms with Crippen LogP contribution in [-0.2, 0) is 14.8 Å². The summed E-state index contributed by atoms with van der Waals surface area (Å²) in [6, 6.07) is 12.3. The van der Waals surface area contributed by atoms with Crippen LogP contribution in [0.5, 0.6) is 11.5 Å². The molecule has 1 aliphatic rings. The van der Waals surface area contributed by atoms with Crippen LogP contribution in [-0.4, -0.2) is 54.4 Å². The van der Waals surface area contributed by atoms with Gasteiger partial charge < -0.3 is 19.7 Å². The number of piperidine rings is 1. The predicted molar refractivity (Wildman–Crippen MR) is 123 cm³/mol. The second kappa shape index (κ2) is 9.91. The average Bonchev–Trinajstić information content (AvgIpc) is 2.77. The van der Waals surface area contributed by atoms with E-state index in [1.807, 2.05) is 24.3 Å². The Balaban J connectivity index is 1.71. The van der Waals surface area contributed by atoms with Gasteiger partial charge in [-0.15, -0.1) is 0 Å². The van der Waals surface area contributed by atoms with E-state index < -0.39 is 15.9 Å². The van der Waals surface area contributed by atoms with Gasteiger partial charge in [-0.25, -0.2) is 8.42 Å². The zero-order valence-electron chi connectivity index (χ0n) is 18.1. The van der Waals surface area contributed by atoms with E-state index in [0.29, 0.717) is 22.9 Å². The maximum atomic E-state index is 12.6. The summed E-state index contributed by atoms with van der Waals surface area (Å²) in [5, 5.41) is 2.78. The Morgan fingerprint density at radius 2 is 1.65 bits per heavy atom. The van der Waals surface area contributed by atoms with Gasteiger partial charge in [-0.05, 0) is 55.7 Å². The summed E-state index contributed by atoms with van der Waals surface area (Å²) in [6.45, 7) is 1.73. The maximum Gasteiger partial charge on any atom is 0.245 e. The number of nitrogens with one attached hydrogen (secondary N) is 1. The van der Waals surface area contributed by atoms with Gasteiger partial charge in [-0.3, -0.25) is 9.10 Å². The maximum absolute atomic E-state index is 12.6. The number of hydrogen-bond acceptors (Lipinski definition) is 6. The van der Waals surface area contributed by atoms with Crippen LogP contribution in [0, 0.1) is 0 Å². The van der Waals surface area contributed by atoms with Crippen molar-refractivity contribution in [3.8, 4) is 11.5 Å². The first-order valence-electron chi connectivity index (χ1n) is 10.2. The average molecular weight is 448 g/mol. The van der Waals surface area contributed by atoms with E-state index in [-0.39, 0.29) is 6.54 Å². The van der Waals surface area contributed by atoms with Crippen molar-refractivity contribution in [3.05, 3.63) is 42.5 Å². The Labute approximate surface area is 183 Å². The fourth-order valence-electron chi connectivity index (χ4n) is 3.62. The molecule has 1 amide bonds. The van der Waals surface area contributed by atoms with Crippen molar-refractivity contribution < 1.29 is 22.7 Å². The van der Waals surface area contributed by atoms with Gasteiger partial charge in [-0.1, -0.05) is 0 Å². The van der Waals surface area contributed by atoms with E-state index in [1.165, 1.54) is 39.5 Å². The molecule has 0 saturated carbocycles. The first kappa shape index (κ1) is 22.7. The molecule has 2 aromatic rings. The van der Waals surface area contributed by atoms with Crippen molar-refractivity contribution in [1.82, 2.24) is 0 Å². The normalized spacial score (nSPS) is 14.1. The molecule has 1 N–H and O–H groups in total. The highest BCUT2D eigenvalue weighted by atomic mass is 32.2. The van der Waals surface area contributed by atoms with Gasteiger partial charge in [0.05, 0.1) is 26.2 Å². The molecule has 1 aliphatic heterocycles. The number of amides is 1. The molecule has 0 aliphatic carbocycles. The lowest BCUT2D eigenvalue weighted by Crippen LogP contribution is -2.37. The zero-order valence-corrected chi connectivity index (χ0v) is 18.9. The molecule has 0 aromatic heterocycles. The molecule has 1 saturated heterocycles. The fraction of sp³-hybridized carbons (Fsp3) is 0.409. The molecule has 3 rings (SSSR count). The van der Waals surface area contributed by atoms with E-state index in [9.17, 15) is 13.2 Å². The molecule has 9 heteroatoms. The molecule has 1 fully saturated rings. The summed E-state index contributed by atoms with van der Waals surface area (Å²) in [5.41, 5.74) is 2.06. The van der Waals surface area contributed by atoms with Crippen molar-refractivity contribution in [2.24, 2.45) is 0 Å². The number of methoxy groups -OCH3 is 2. The number of carbonyl (C=O) groups excluding carboxylic acids is 1. The minimum absolute atomic E-state index is 0.316. The lowest BCUT2D eigenvalue weighted by Gasteiger charge is -2.29. The lowest BCUT2D eigenvalue weighted by molar-refractivity contribution is -0.114. The van der Waals surface area contributed by atoms with Crippen molar-refractivity contribution in [3.63, 3.8) is 0 Å². The largest absolute Gasteiger partial charge is 0.493 e. The molecule has 8 nitrogen and oxygen atoms in total. The fourth-order valence-corrected chi connectivity index (χ4v) is 4.47. The van der Waals surface area contributed by atoms with Crippen LogP contribution in [0.25, 0.3) is 0 Å². The highest BCUT2D eigenvalue weighted by Gasteiger charge is 2.22. The summed E-state index contributed by atoms with van der Waals surface area (Å²) in [6.07, 6.45) is 4.71. The molecule has 0 atom stereocenters. The summed E-state index contributed by atoms with van der Waals surface area (Å²) in [5.74, 6) is 0.409. The second-order valence-corrected chi connectivity index (χ2v) is 9.36. The van der Waals surface area contributed by atoms with Crippen LogP contribution in [0.4, 0.5) is 17.1 Å². The Morgan fingerprint density at radius 1 is 1.00 bits per heavy atom. The van der Waals surface area contributed by atoms with Crippen LogP contribution in [0.3, 0.4) is 0 Å². The SMILES string of the molecule is COc1ccc(N(CC(=O)Nc2ccc(N3CCCCC3)cc2)S(C)(=O)=O)cc1OC. The monoisotopic (exact) mass is 447 g/mol. The molecule has 0 bridgehead atoms. The second-order valence-electron chi connectivity index (χ2n) is 7.45. The quantitative estimate of drug-likeness (QED) is 0.669. The van der Waals surface area contributed by atoms with Crippen molar-refractivity contribution in [2.75, 3.05) is 54.6 Å². The molecule has 2 aromatic carbocycles. The van der Waals surface area contributed by atoms with Gasteiger partial charge in [0.2, 0.25) is 15.9 Å². The molecule has 168 valence electrons. The molecule has 1 heterocycles. The number of anilines is 3. The van der Waals surface area contributed by atoms with Crippen LogP contribution < -0.4 is 24.0 Å². The zero-order chi connectivity index (χ0) is 22.4. The lowest BCUT2D eigenvalue weighted by atomic mass is 10.1. The van der Waals surface area contributed by atoms with Crippen LogP contribution >= 0.6 is 0 Å². The van der Waals surface area contributed by atoms with Crippen LogP contribution in [0.1, 0.15) is 19.3 Å². The number of ether oxygens (including phenoxy) is 2. The van der Waals surface area contributed by atoms with E-state index >= 15 is 0 Å². The number of hydrogen-bond donors (Lipinski definition) is 1. The van der Waals surface area contributed by atoms with E-state index in [4.69, 9.17) is 9.47 Å². The topological polar surface area (TPSA) is 88.2 Å². The first-order chi connectivity index (χ1) is 14.8. The molecule has 31 heavy (non-hydrogen) atoms. The standard InChI is InChI=1S/C22H29N3O5S/c1-29-20-12-11-19(15-21(20)30-2)25(31(3,27)28)16-22(26)23-17-7-9-18(10-8-17)24-13-5-4-6-14-24/h7-12,15H,4-6,13-14,16H2,1-3H3,(H,23,26). The van der Waals surface area contributed by atoms with Crippen molar-refractivity contribution >= 4 is 33.0 Å². The van der Waals surface area contributed by atoms with Gasteiger partial charge in [0.25, 0.3) is 0 Å². The Kier molecular flexibility index (Phi) is 7.27. The Hall–Kier alpha value is -2.94. The van der Waals surface area contributed by atoms with E-state index in [0.717, 1.165) is 29.3 Å². The molecular formula is C22H29N3O5S. The number of rotatable bonds is 8. The summed E-state index contributed by atoms with van der Waals surface area (Å²) in [4.78, 5) is 15.0. The first-order valence-corrected chi connectivity index (χ1v) is 12.0. The van der Waals surface area contributed by atoms with Gasteiger partial charge in [0, 0.05) is 30.5 Å². The van der Waals surface area contributed by atoms with Crippen molar-refractivity contribution in [2.45, 2.75) is 19.3 Å².